The molecule has 1 amide bonds. The van der Waals surface area contributed by atoms with Gasteiger partial charge in [0.2, 0.25) is 0 Å². The molecule has 2 rings (SSSR count). The SMILES string of the molecule is COCC(O)CNC(=O)c1sc2ccc(Cl)cc2c1N. The van der Waals surface area contributed by atoms with E-state index >= 15 is 0 Å². The van der Waals surface area contributed by atoms with Crippen molar-refractivity contribution in [2.45, 2.75) is 6.10 Å². The van der Waals surface area contributed by atoms with E-state index in [9.17, 15) is 9.90 Å². The lowest BCUT2D eigenvalue weighted by atomic mass is 10.2. The van der Waals surface area contributed by atoms with Crippen LogP contribution in [0.25, 0.3) is 10.1 Å². The van der Waals surface area contributed by atoms with Crippen LogP contribution in [0.15, 0.2) is 18.2 Å². The molecule has 0 aliphatic rings. The van der Waals surface area contributed by atoms with Gasteiger partial charge in [-0.25, -0.2) is 0 Å². The summed E-state index contributed by atoms with van der Waals surface area (Å²) in [6, 6.07) is 5.32. The van der Waals surface area contributed by atoms with E-state index in [4.69, 9.17) is 22.1 Å². The molecule has 7 heteroatoms. The second kappa shape index (κ2) is 6.41. The average Bonchev–Trinajstić information content (AvgIpc) is 2.74. The van der Waals surface area contributed by atoms with Crippen LogP contribution in [-0.2, 0) is 4.74 Å². The number of anilines is 1. The van der Waals surface area contributed by atoms with E-state index in [1.807, 2.05) is 6.07 Å². The van der Waals surface area contributed by atoms with E-state index in [1.165, 1.54) is 18.4 Å². The Morgan fingerprint density at radius 1 is 1.60 bits per heavy atom. The Morgan fingerprint density at radius 2 is 2.35 bits per heavy atom. The molecule has 20 heavy (non-hydrogen) atoms. The van der Waals surface area contributed by atoms with Crippen molar-refractivity contribution in [3.8, 4) is 0 Å². The molecule has 0 aliphatic heterocycles. The van der Waals surface area contributed by atoms with Crippen molar-refractivity contribution in [2.24, 2.45) is 0 Å². The Bertz CT molecular complexity index is 629. The molecule has 1 aromatic heterocycles. The number of nitrogens with one attached hydrogen (secondary N) is 1. The first-order valence-electron chi connectivity index (χ1n) is 5.95. The van der Waals surface area contributed by atoms with Gasteiger partial charge in [0.05, 0.1) is 18.4 Å². The van der Waals surface area contributed by atoms with Gasteiger partial charge in [0.1, 0.15) is 4.88 Å². The third kappa shape index (κ3) is 3.21. The molecular formula is C13H15ClN2O3S. The van der Waals surface area contributed by atoms with Crippen LogP contribution in [0.5, 0.6) is 0 Å². The van der Waals surface area contributed by atoms with Crippen LogP contribution >= 0.6 is 22.9 Å². The Balaban J connectivity index is 2.16. The average molecular weight is 315 g/mol. The number of amides is 1. The summed E-state index contributed by atoms with van der Waals surface area (Å²) in [5.74, 6) is -0.310. The second-order valence-electron chi connectivity index (χ2n) is 4.30. The fourth-order valence-corrected chi connectivity index (χ4v) is 2.99. The molecule has 0 radical (unpaired) electrons. The lowest BCUT2D eigenvalue weighted by Crippen LogP contribution is -2.34. The first-order valence-corrected chi connectivity index (χ1v) is 7.15. The van der Waals surface area contributed by atoms with E-state index in [1.54, 1.807) is 12.1 Å². The number of carbonyl (C=O) groups excluding carboxylic acids is 1. The van der Waals surface area contributed by atoms with Gasteiger partial charge in [0, 0.05) is 28.8 Å². The Hall–Kier alpha value is -1.34. The summed E-state index contributed by atoms with van der Waals surface area (Å²) in [6.45, 7) is 0.277. The normalized spacial score (nSPS) is 12.6. The molecule has 108 valence electrons. The molecule has 0 aliphatic carbocycles. The molecular weight excluding hydrogens is 300 g/mol. The highest BCUT2D eigenvalue weighted by molar-refractivity contribution is 7.21. The molecule has 0 bridgehead atoms. The number of halogens is 1. The van der Waals surface area contributed by atoms with Crippen molar-refractivity contribution >= 4 is 44.6 Å². The number of benzene rings is 1. The minimum atomic E-state index is -0.742. The summed E-state index contributed by atoms with van der Waals surface area (Å²) in [6.07, 6.45) is -0.742. The van der Waals surface area contributed by atoms with Crippen molar-refractivity contribution in [3.63, 3.8) is 0 Å². The van der Waals surface area contributed by atoms with Gasteiger partial charge in [0.25, 0.3) is 5.91 Å². The zero-order valence-corrected chi connectivity index (χ0v) is 12.4. The number of nitrogen functional groups attached to an aromatic ring is 1. The number of aliphatic hydroxyl groups is 1. The van der Waals surface area contributed by atoms with Gasteiger partial charge < -0.3 is 20.9 Å². The van der Waals surface area contributed by atoms with E-state index in [0.29, 0.717) is 15.6 Å². The monoisotopic (exact) mass is 314 g/mol. The van der Waals surface area contributed by atoms with Gasteiger partial charge in [-0.05, 0) is 18.2 Å². The predicted octanol–water partition coefficient (Wildman–Crippen LogP) is 1.87. The van der Waals surface area contributed by atoms with Crippen LogP contribution < -0.4 is 11.1 Å². The molecule has 4 N–H and O–H groups in total. The van der Waals surface area contributed by atoms with Crippen LogP contribution in [0.2, 0.25) is 5.02 Å². The molecule has 0 fully saturated rings. The quantitative estimate of drug-likeness (QED) is 0.786. The molecule has 1 atom stereocenters. The van der Waals surface area contributed by atoms with Crippen LogP contribution in [0.4, 0.5) is 5.69 Å². The maximum atomic E-state index is 12.1. The number of ether oxygens (including phenoxy) is 1. The number of hydrogen-bond acceptors (Lipinski definition) is 5. The number of carbonyl (C=O) groups is 1. The van der Waals surface area contributed by atoms with Crippen LogP contribution in [0.3, 0.4) is 0 Å². The molecule has 1 unspecified atom stereocenters. The highest BCUT2D eigenvalue weighted by Crippen LogP contribution is 2.35. The Morgan fingerprint density at radius 3 is 3.05 bits per heavy atom. The second-order valence-corrected chi connectivity index (χ2v) is 5.79. The van der Waals surface area contributed by atoms with Gasteiger partial charge in [0.15, 0.2) is 0 Å². The van der Waals surface area contributed by atoms with Gasteiger partial charge in [-0.2, -0.15) is 0 Å². The Kier molecular flexibility index (Phi) is 4.82. The van der Waals surface area contributed by atoms with Gasteiger partial charge in [-0.1, -0.05) is 11.6 Å². The molecule has 5 nitrogen and oxygen atoms in total. The van der Waals surface area contributed by atoms with E-state index in [2.05, 4.69) is 5.32 Å². The van der Waals surface area contributed by atoms with Gasteiger partial charge >= 0.3 is 0 Å². The number of thiophene rings is 1. The molecule has 0 saturated carbocycles. The molecule has 0 saturated heterocycles. The number of aliphatic hydroxyl groups excluding tert-OH is 1. The highest BCUT2D eigenvalue weighted by atomic mass is 35.5. The number of hydrogen-bond donors (Lipinski definition) is 3. The predicted molar refractivity (Wildman–Crippen MR) is 81.5 cm³/mol. The first-order chi connectivity index (χ1) is 9.52. The van der Waals surface area contributed by atoms with E-state index in [-0.39, 0.29) is 19.1 Å². The van der Waals surface area contributed by atoms with Crippen molar-refractivity contribution < 1.29 is 14.6 Å². The maximum absolute atomic E-state index is 12.1. The molecule has 1 heterocycles. The zero-order chi connectivity index (χ0) is 14.7. The fraction of sp³-hybridized carbons (Fsp3) is 0.308. The van der Waals surface area contributed by atoms with Gasteiger partial charge in [-0.3, -0.25) is 4.79 Å². The van der Waals surface area contributed by atoms with Crippen LogP contribution in [-0.4, -0.2) is 37.4 Å². The lowest BCUT2D eigenvalue weighted by molar-refractivity contribution is 0.0611. The maximum Gasteiger partial charge on any atom is 0.263 e. The third-order valence-electron chi connectivity index (χ3n) is 2.75. The zero-order valence-electron chi connectivity index (χ0n) is 10.9. The highest BCUT2D eigenvalue weighted by Gasteiger charge is 2.17. The minimum Gasteiger partial charge on any atom is -0.397 e. The first kappa shape index (κ1) is 15.1. The summed E-state index contributed by atoms with van der Waals surface area (Å²) in [7, 11) is 1.48. The number of nitrogens with two attached hydrogens (primary N) is 1. The number of rotatable bonds is 5. The largest absolute Gasteiger partial charge is 0.397 e. The third-order valence-corrected chi connectivity index (χ3v) is 4.17. The van der Waals surface area contributed by atoms with Crippen LogP contribution in [0.1, 0.15) is 9.67 Å². The lowest BCUT2D eigenvalue weighted by Gasteiger charge is -2.10. The number of methoxy groups -OCH3 is 1. The summed E-state index contributed by atoms with van der Waals surface area (Å²) < 4.78 is 5.69. The van der Waals surface area contributed by atoms with Crippen molar-refractivity contribution in [3.05, 3.63) is 28.1 Å². The van der Waals surface area contributed by atoms with Crippen molar-refractivity contribution in [1.29, 1.82) is 0 Å². The fourth-order valence-electron chi connectivity index (χ4n) is 1.80. The van der Waals surface area contributed by atoms with Crippen molar-refractivity contribution in [2.75, 3.05) is 26.0 Å². The smallest absolute Gasteiger partial charge is 0.263 e. The summed E-state index contributed by atoms with van der Waals surface area (Å²) in [5.41, 5.74) is 6.39. The minimum absolute atomic E-state index is 0.112. The molecule has 0 spiro atoms. The van der Waals surface area contributed by atoms with Crippen molar-refractivity contribution in [1.82, 2.24) is 5.32 Å². The van der Waals surface area contributed by atoms with Gasteiger partial charge in [-0.15, -0.1) is 11.3 Å². The summed E-state index contributed by atoms with van der Waals surface area (Å²) in [4.78, 5) is 12.5. The molecule has 2 aromatic rings. The standard InChI is InChI=1S/C13H15ClN2O3S/c1-19-6-8(17)5-16-13(18)12-11(15)9-4-7(14)2-3-10(9)20-12/h2-4,8,17H,5-6,15H2,1H3,(H,16,18). The summed E-state index contributed by atoms with van der Waals surface area (Å²) >= 11 is 7.22. The summed E-state index contributed by atoms with van der Waals surface area (Å²) in [5, 5.41) is 13.5. The van der Waals surface area contributed by atoms with Crippen LogP contribution in [0, 0.1) is 0 Å². The van der Waals surface area contributed by atoms with E-state index < -0.39 is 6.10 Å². The molecule has 1 aromatic carbocycles. The topological polar surface area (TPSA) is 84.6 Å². The van der Waals surface area contributed by atoms with E-state index in [0.717, 1.165) is 10.1 Å². The Labute approximate surface area is 125 Å². The number of fused-ring (bicyclic) bond motifs is 1.